The summed E-state index contributed by atoms with van der Waals surface area (Å²) in [5.41, 5.74) is 1.24. The monoisotopic (exact) mass is 291 g/mol. The van der Waals surface area contributed by atoms with E-state index >= 15 is 0 Å². The van der Waals surface area contributed by atoms with Gasteiger partial charge in [0.15, 0.2) is 0 Å². The molecular formula is C15H21N3O3. The zero-order chi connectivity index (χ0) is 15.6. The molecular weight excluding hydrogens is 270 g/mol. The van der Waals surface area contributed by atoms with Gasteiger partial charge in [0.25, 0.3) is 11.6 Å². The maximum atomic E-state index is 12.4. The molecule has 0 saturated carbocycles. The van der Waals surface area contributed by atoms with E-state index in [0.717, 1.165) is 6.42 Å². The van der Waals surface area contributed by atoms with Gasteiger partial charge in [0, 0.05) is 12.2 Å². The lowest BCUT2D eigenvalue weighted by Crippen LogP contribution is -2.40. The Hall–Kier alpha value is -1.95. The van der Waals surface area contributed by atoms with Gasteiger partial charge in [-0.1, -0.05) is 18.5 Å². The fraction of sp³-hybridized carbons (Fsp3) is 0.533. The Morgan fingerprint density at radius 1 is 1.48 bits per heavy atom. The SMILES string of the molecule is CCCC(C)(O)CNC(=O)c1cc(C)nc2onc(C)c12. The van der Waals surface area contributed by atoms with Crippen LogP contribution in [0, 0.1) is 13.8 Å². The molecule has 0 bridgehead atoms. The van der Waals surface area contributed by atoms with Gasteiger partial charge >= 0.3 is 0 Å². The number of hydrogen-bond acceptors (Lipinski definition) is 5. The van der Waals surface area contributed by atoms with E-state index in [-0.39, 0.29) is 12.5 Å². The molecule has 114 valence electrons. The Balaban J connectivity index is 2.25. The highest BCUT2D eigenvalue weighted by molar-refractivity contribution is 6.06. The molecule has 0 radical (unpaired) electrons. The number of aliphatic hydroxyl groups is 1. The highest BCUT2D eigenvalue weighted by Gasteiger charge is 2.22. The summed E-state index contributed by atoms with van der Waals surface area (Å²) in [7, 11) is 0. The lowest BCUT2D eigenvalue weighted by atomic mass is 10.0. The van der Waals surface area contributed by atoms with Crippen molar-refractivity contribution < 1.29 is 14.4 Å². The number of amides is 1. The lowest BCUT2D eigenvalue weighted by Gasteiger charge is -2.23. The van der Waals surface area contributed by atoms with E-state index in [1.807, 2.05) is 6.92 Å². The molecule has 0 spiro atoms. The summed E-state index contributed by atoms with van der Waals surface area (Å²) in [6.45, 7) is 7.47. The molecule has 0 aromatic carbocycles. The second-order valence-electron chi connectivity index (χ2n) is 5.69. The van der Waals surface area contributed by atoms with Crippen LogP contribution in [0.15, 0.2) is 10.6 Å². The molecule has 2 rings (SSSR count). The Kier molecular flexibility index (Phi) is 4.27. The number of carbonyl (C=O) groups is 1. The van der Waals surface area contributed by atoms with Crippen molar-refractivity contribution in [2.75, 3.05) is 6.54 Å². The number of carbonyl (C=O) groups excluding carboxylic acids is 1. The maximum Gasteiger partial charge on any atom is 0.258 e. The van der Waals surface area contributed by atoms with Crippen LogP contribution in [0.2, 0.25) is 0 Å². The van der Waals surface area contributed by atoms with Gasteiger partial charge in [-0.15, -0.1) is 0 Å². The highest BCUT2D eigenvalue weighted by Crippen LogP contribution is 2.22. The first-order valence-electron chi connectivity index (χ1n) is 7.08. The van der Waals surface area contributed by atoms with Crippen LogP contribution < -0.4 is 5.32 Å². The molecule has 0 aliphatic rings. The maximum absolute atomic E-state index is 12.4. The van der Waals surface area contributed by atoms with Gasteiger partial charge in [0.2, 0.25) is 0 Å². The van der Waals surface area contributed by atoms with Gasteiger partial charge in [0.1, 0.15) is 0 Å². The Morgan fingerprint density at radius 2 is 2.19 bits per heavy atom. The van der Waals surface area contributed by atoms with E-state index in [0.29, 0.717) is 34.5 Å². The smallest absolute Gasteiger partial charge is 0.258 e. The van der Waals surface area contributed by atoms with Crippen LogP contribution in [-0.2, 0) is 0 Å². The standard InChI is InChI=1S/C15H21N3O3/c1-5-6-15(4,20)8-16-13(19)11-7-9(2)17-14-12(11)10(3)18-21-14/h7,20H,5-6,8H2,1-4H3,(H,16,19). The third-order valence-corrected chi connectivity index (χ3v) is 3.41. The van der Waals surface area contributed by atoms with Crippen molar-refractivity contribution in [3.05, 3.63) is 23.0 Å². The van der Waals surface area contributed by atoms with Gasteiger partial charge in [-0.25, -0.2) is 4.98 Å². The largest absolute Gasteiger partial charge is 0.388 e. The van der Waals surface area contributed by atoms with E-state index in [9.17, 15) is 9.90 Å². The first-order valence-corrected chi connectivity index (χ1v) is 7.08. The topological polar surface area (TPSA) is 88.2 Å². The molecule has 2 N–H and O–H groups in total. The fourth-order valence-corrected chi connectivity index (χ4v) is 2.39. The van der Waals surface area contributed by atoms with Gasteiger partial charge in [-0.2, -0.15) is 0 Å². The predicted molar refractivity (Wildman–Crippen MR) is 79.1 cm³/mol. The summed E-state index contributed by atoms with van der Waals surface area (Å²) in [6, 6.07) is 1.70. The molecule has 6 heteroatoms. The van der Waals surface area contributed by atoms with Gasteiger partial charge < -0.3 is 14.9 Å². The molecule has 2 aromatic rings. The second kappa shape index (κ2) is 5.81. The van der Waals surface area contributed by atoms with E-state index in [1.54, 1.807) is 26.8 Å². The zero-order valence-electron chi connectivity index (χ0n) is 12.9. The minimum Gasteiger partial charge on any atom is -0.388 e. The fourth-order valence-electron chi connectivity index (χ4n) is 2.39. The van der Waals surface area contributed by atoms with Crippen molar-refractivity contribution in [3.63, 3.8) is 0 Å². The third-order valence-electron chi connectivity index (χ3n) is 3.41. The average Bonchev–Trinajstić information content (AvgIpc) is 2.76. The molecule has 1 amide bonds. The summed E-state index contributed by atoms with van der Waals surface area (Å²) in [5, 5.41) is 17.4. The zero-order valence-corrected chi connectivity index (χ0v) is 12.9. The van der Waals surface area contributed by atoms with Gasteiger partial charge in [-0.05, 0) is 33.3 Å². The summed E-state index contributed by atoms with van der Waals surface area (Å²) >= 11 is 0. The predicted octanol–water partition coefficient (Wildman–Crippen LogP) is 2.12. The molecule has 0 fully saturated rings. The van der Waals surface area contributed by atoms with E-state index < -0.39 is 5.60 Å². The van der Waals surface area contributed by atoms with Crippen molar-refractivity contribution in [3.8, 4) is 0 Å². The van der Waals surface area contributed by atoms with Crippen molar-refractivity contribution >= 4 is 17.0 Å². The normalized spacial score (nSPS) is 14.1. The van der Waals surface area contributed by atoms with Crippen LogP contribution in [0.4, 0.5) is 0 Å². The van der Waals surface area contributed by atoms with E-state index in [4.69, 9.17) is 4.52 Å². The van der Waals surface area contributed by atoms with Crippen LogP contribution >= 0.6 is 0 Å². The number of fused-ring (bicyclic) bond motifs is 1. The lowest BCUT2D eigenvalue weighted by molar-refractivity contribution is 0.0470. The minimum absolute atomic E-state index is 0.201. The summed E-state index contributed by atoms with van der Waals surface area (Å²) in [4.78, 5) is 16.6. The number of aryl methyl sites for hydroxylation is 2. The number of nitrogens with zero attached hydrogens (tertiary/aromatic N) is 2. The molecule has 0 aliphatic carbocycles. The summed E-state index contributed by atoms with van der Waals surface area (Å²) < 4.78 is 5.11. The number of rotatable bonds is 5. The molecule has 21 heavy (non-hydrogen) atoms. The summed E-state index contributed by atoms with van der Waals surface area (Å²) in [5.74, 6) is -0.256. The molecule has 1 atom stereocenters. The Bertz CT molecular complexity index is 661. The van der Waals surface area contributed by atoms with E-state index in [2.05, 4.69) is 15.5 Å². The first-order chi connectivity index (χ1) is 9.84. The van der Waals surface area contributed by atoms with Crippen molar-refractivity contribution in [1.82, 2.24) is 15.5 Å². The first kappa shape index (κ1) is 15.4. The van der Waals surface area contributed by atoms with Crippen molar-refractivity contribution in [2.24, 2.45) is 0 Å². The van der Waals surface area contributed by atoms with Gasteiger partial charge in [-0.3, -0.25) is 4.79 Å². The van der Waals surface area contributed by atoms with E-state index in [1.165, 1.54) is 0 Å². The molecule has 6 nitrogen and oxygen atoms in total. The number of nitrogens with one attached hydrogen (secondary N) is 1. The van der Waals surface area contributed by atoms with Crippen LogP contribution in [0.5, 0.6) is 0 Å². The minimum atomic E-state index is -0.907. The Morgan fingerprint density at radius 3 is 2.86 bits per heavy atom. The second-order valence-corrected chi connectivity index (χ2v) is 5.69. The van der Waals surface area contributed by atoms with Crippen molar-refractivity contribution in [2.45, 2.75) is 46.1 Å². The Labute approximate surface area is 123 Å². The average molecular weight is 291 g/mol. The van der Waals surface area contributed by atoms with Crippen molar-refractivity contribution in [1.29, 1.82) is 0 Å². The molecule has 0 saturated heterocycles. The number of pyridine rings is 1. The molecule has 1 unspecified atom stereocenters. The summed E-state index contributed by atoms with van der Waals surface area (Å²) in [6.07, 6.45) is 1.48. The third kappa shape index (κ3) is 3.39. The van der Waals surface area contributed by atoms with Crippen LogP contribution in [0.1, 0.15) is 48.4 Å². The highest BCUT2D eigenvalue weighted by atomic mass is 16.5. The molecule has 2 heterocycles. The quantitative estimate of drug-likeness (QED) is 0.881. The van der Waals surface area contributed by atoms with Crippen LogP contribution in [0.3, 0.4) is 0 Å². The molecule has 0 aliphatic heterocycles. The number of hydrogen-bond donors (Lipinski definition) is 2. The van der Waals surface area contributed by atoms with Crippen LogP contribution in [0.25, 0.3) is 11.1 Å². The molecule has 2 aromatic heterocycles. The van der Waals surface area contributed by atoms with Crippen LogP contribution in [-0.4, -0.2) is 33.3 Å². The number of aromatic nitrogens is 2. The van der Waals surface area contributed by atoms with Gasteiger partial charge in [0.05, 0.1) is 22.2 Å².